The van der Waals surface area contributed by atoms with Gasteiger partial charge in [0, 0.05) is 18.0 Å². The molecule has 1 N–H and O–H groups in total. The molecule has 3 heterocycles. The first-order valence-corrected chi connectivity index (χ1v) is 10.3. The summed E-state index contributed by atoms with van der Waals surface area (Å²) in [5.41, 5.74) is 3.08. The number of halogens is 2. The van der Waals surface area contributed by atoms with Crippen LogP contribution >= 0.6 is 0 Å². The number of pyridine rings is 1. The lowest BCUT2D eigenvalue weighted by Gasteiger charge is -2.22. The quantitative estimate of drug-likeness (QED) is 0.592. The fourth-order valence-corrected chi connectivity index (χ4v) is 3.51. The number of carbonyl (C=O) groups is 1. The Balaban J connectivity index is 1.49. The van der Waals surface area contributed by atoms with Crippen molar-refractivity contribution < 1.29 is 18.3 Å². The fraction of sp³-hybridized carbons (Fsp3) is 0.304. The summed E-state index contributed by atoms with van der Waals surface area (Å²) in [5, 5.41) is 3.15. The van der Waals surface area contributed by atoms with Gasteiger partial charge in [0.15, 0.2) is 0 Å². The van der Waals surface area contributed by atoms with Crippen LogP contribution in [0.15, 0.2) is 48.8 Å². The number of anilines is 2. The molecule has 0 unspecified atom stereocenters. The predicted octanol–water partition coefficient (Wildman–Crippen LogP) is 4.84. The van der Waals surface area contributed by atoms with E-state index in [1.54, 1.807) is 25.3 Å². The van der Waals surface area contributed by atoms with Crippen molar-refractivity contribution in [2.75, 3.05) is 16.8 Å². The summed E-state index contributed by atoms with van der Waals surface area (Å²) in [4.78, 5) is 26.3. The predicted molar refractivity (Wildman–Crippen MR) is 117 cm³/mol. The molecule has 1 aliphatic rings. The van der Waals surface area contributed by atoms with Gasteiger partial charge in [-0.05, 0) is 56.2 Å². The van der Waals surface area contributed by atoms with E-state index >= 15 is 0 Å². The average molecular weight is 439 g/mol. The minimum atomic E-state index is -1.26. The molecule has 3 atom stereocenters. The van der Waals surface area contributed by atoms with Gasteiger partial charge in [0.25, 0.3) is 0 Å². The summed E-state index contributed by atoms with van der Waals surface area (Å²) in [5.74, 6) is 0.301. The number of hydrogen-bond donors (Lipinski definition) is 1. The number of rotatable bonds is 6. The Hall–Kier alpha value is -3.62. The summed E-state index contributed by atoms with van der Waals surface area (Å²) in [7, 11) is 0. The van der Waals surface area contributed by atoms with Crippen LogP contribution in [0.25, 0.3) is 11.1 Å². The molecule has 1 saturated heterocycles. The van der Waals surface area contributed by atoms with Crippen molar-refractivity contribution >= 4 is 17.9 Å². The lowest BCUT2D eigenvalue weighted by atomic mass is 10.0. The van der Waals surface area contributed by atoms with Gasteiger partial charge in [-0.15, -0.1) is 0 Å². The molecule has 32 heavy (non-hydrogen) atoms. The van der Waals surface area contributed by atoms with Gasteiger partial charge < -0.3 is 10.1 Å². The standard InChI is InChI=1S/C23H23F2N5O2/c1-13-10-16(4-6-18(13)25)17-5-7-19(27-11-17)15(3)28-22-26-9-8-21(29-22)30-20(14(2)24)12-32-23(30)31/h4-11,14-15,20H,12H2,1-3H3,(H,26,28,29)/t14-,15-,20+/m0/s1. The van der Waals surface area contributed by atoms with Gasteiger partial charge in [-0.2, -0.15) is 4.98 Å². The van der Waals surface area contributed by atoms with Crippen molar-refractivity contribution in [1.29, 1.82) is 0 Å². The lowest BCUT2D eigenvalue weighted by Crippen LogP contribution is -2.39. The van der Waals surface area contributed by atoms with Crippen LogP contribution in [0.4, 0.5) is 25.3 Å². The van der Waals surface area contributed by atoms with Gasteiger partial charge in [0.1, 0.15) is 30.5 Å². The number of nitrogens with zero attached hydrogens (tertiary/aromatic N) is 4. The maximum Gasteiger partial charge on any atom is 0.416 e. The molecule has 0 spiro atoms. The van der Waals surface area contributed by atoms with E-state index < -0.39 is 18.3 Å². The maximum atomic E-state index is 13.9. The molecule has 1 amide bonds. The number of carbonyl (C=O) groups excluding carboxylic acids is 1. The highest BCUT2D eigenvalue weighted by atomic mass is 19.1. The fourth-order valence-electron chi connectivity index (χ4n) is 3.51. The van der Waals surface area contributed by atoms with E-state index in [2.05, 4.69) is 20.3 Å². The molecule has 0 saturated carbocycles. The SMILES string of the molecule is Cc1cc(-c2ccc([C@H](C)Nc3nccc(N4C(=O)OC[C@@H]4[C@H](C)F)n3)nc2)ccc1F. The van der Waals surface area contributed by atoms with Gasteiger partial charge in [-0.3, -0.25) is 9.88 Å². The van der Waals surface area contributed by atoms with Crippen LogP contribution < -0.4 is 10.2 Å². The van der Waals surface area contributed by atoms with E-state index in [-0.39, 0.29) is 30.2 Å². The highest BCUT2D eigenvalue weighted by molar-refractivity contribution is 5.89. The number of nitrogens with one attached hydrogen (secondary N) is 1. The van der Waals surface area contributed by atoms with Crippen LogP contribution in [0.3, 0.4) is 0 Å². The van der Waals surface area contributed by atoms with Crippen molar-refractivity contribution in [3.63, 3.8) is 0 Å². The number of aromatic nitrogens is 3. The number of benzene rings is 1. The third kappa shape index (κ3) is 4.37. The second kappa shape index (κ2) is 8.86. The second-order valence-corrected chi connectivity index (χ2v) is 7.73. The van der Waals surface area contributed by atoms with E-state index in [1.165, 1.54) is 30.2 Å². The Morgan fingerprint density at radius 3 is 2.62 bits per heavy atom. The highest BCUT2D eigenvalue weighted by Crippen LogP contribution is 2.26. The van der Waals surface area contributed by atoms with Gasteiger partial charge in [0.05, 0.1) is 11.7 Å². The van der Waals surface area contributed by atoms with Gasteiger partial charge in [-0.1, -0.05) is 12.1 Å². The zero-order valence-corrected chi connectivity index (χ0v) is 17.9. The molecule has 2 aromatic heterocycles. The number of cyclic esters (lactones) is 1. The number of hydrogen-bond acceptors (Lipinski definition) is 6. The molecule has 7 nitrogen and oxygen atoms in total. The van der Waals surface area contributed by atoms with Crippen LogP contribution in [-0.4, -0.2) is 39.9 Å². The summed E-state index contributed by atoms with van der Waals surface area (Å²) in [6.45, 7) is 4.98. The Kier molecular flexibility index (Phi) is 5.98. The zero-order valence-electron chi connectivity index (χ0n) is 17.9. The third-order valence-electron chi connectivity index (χ3n) is 5.39. The number of aryl methyl sites for hydroxylation is 1. The van der Waals surface area contributed by atoms with Gasteiger partial charge in [-0.25, -0.2) is 18.6 Å². The van der Waals surface area contributed by atoms with Crippen LogP contribution in [0, 0.1) is 12.7 Å². The summed E-state index contributed by atoms with van der Waals surface area (Å²) in [6.07, 6.45) is 1.33. The largest absolute Gasteiger partial charge is 0.447 e. The minimum Gasteiger partial charge on any atom is -0.447 e. The summed E-state index contributed by atoms with van der Waals surface area (Å²) < 4.78 is 32.4. The topological polar surface area (TPSA) is 80.2 Å². The van der Waals surface area contributed by atoms with Crippen molar-refractivity contribution in [3.8, 4) is 11.1 Å². The van der Waals surface area contributed by atoms with Gasteiger partial charge >= 0.3 is 6.09 Å². The van der Waals surface area contributed by atoms with E-state index in [1.807, 2.05) is 19.1 Å². The first-order valence-electron chi connectivity index (χ1n) is 10.3. The van der Waals surface area contributed by atoms with Crippen molar-refractivity contribution in [2.45, 2.75) is 39.0 Å². The molecule has 1 aromatic carbocycles. The summed E-state index contributed by atoms with van der Waals surface area (Å²) in [6, 6.07) is 9.29. The molecular formula is C23H23F2N5O2. The Bertz CT molecular complexity index is 1120. The monoisotopic (exact) mass is 439 g/mol. The Morgan fingerprint density at radius 2 is 1.94 bits per heavy atom. The minimum absolute atomic E-state index is 0.0243. The van der Waals surface area contributed by atoms with Crippen LogP contribution in [0.5, 0.6) is 0 Å². The molecule has 0 bridgehead atoms. The normalized spacial score (nSPS) is 17.7. The summed E-state index contributed by atoms with van der Waals surface area (Å²) >= 11 is 0. The molecule has 9 heteroatoms. The molecule has 3 aromatic rings. The Labute approximate surface area is 184 Å². The first kappa shape index (κ1) is 21.6. The van der Waals surface area contributed by atoms with Crippen molar-refractivity contribution in [3.05, 3.63) is 65.9 Å². The second-order valence-electron chi connectivity index (χ2n) is 7.73. The van der Waals surface area contributed by atoms with Crippen LogP contribution in [-0.2, 0) is 4.74 Å². The van der Waals surface area contributed by atoms with Crippen molar-refractivity contribution in [1.82, 2.24) is 15.0 Å². The zero-order chi connectivity index (χ0) is 22.8. The molecular weight excluding hydrogens is 416 g/mol. The van der Waals surface area contributed by atoms with Crippen LogP contribution in [0.2, 0.25) is 0 Å². The maximum absolute atomic E-state index is 13.9. The molecule has 0 radical (unpaired) electrons. The van der Waals surface area contributed by atoms with E-state index in [4.69, 9.17) is 4.74 Å². The molecule has 1 aliphatic heterocycles. The average Bonchev–Trinajstić information content (AvgIpc) is 3.18. The molecule has 0 aliphatic carbocycles. The smallest absolute Gasteiger partial charge is 0.416 e. The highest BCUT2D eigenvalue weighted by Gasteiger charge is 2.39. The van der Waals surface area contributed by atoms with E-state index in [9.17, 15) is 13.6 Å². The van der Waals surface area contributed by atoms with Gasteiger partial charge in [0.2, 0.25) is 5.95 Å². The van der Waals surface area contributed by atoms with Crippen molar-refractivity contribution in [2.24, 2.45) is 0 Å². The van der Waals surface area contributed by atoms with E-state index in [0.717, 1.165) is 16.8 Å². The Morgan fingerprint density at radius 1 is 1.16 bits per heavy atom. The number of amides is 1. The molecule has 4 rings (SSSR count). The molecule has 166 valence electrons. The number of ether oxygens (including phenoxy) is 1. The van der Waals surface area contributed by atoms with E-state index in [0.29, 0.717) is 5.56 Å². The number of alkyl halides is 1. The van der Waals surface area contributed by atoms with Crippen LogP contribution in [0.1, 0.15) is 31.1 Å². The first-order chi connectivity index (χ1) is 15.3. The third-order valence-corrected chi connectivity index (χ3v) is 5.39. The lowest BCUT2D eigenvalue weighted by molar-refractivity contribution is 0.174. The molecule has 1 fully saturated rings.